The van der Waals surface area contributed by atoms with Gasteiger partial charge < -0.3 is 0 Å². The highest BCUT2D eigenvalue weighted by atomic mass is 35.5. The molecule has 0 saturated carbocycles. The Kier molecular flexibility index (Phi) is 5.40. The van der Waals surface area contributed by atoms with E-state index in [1.807, 2.05) is 31.2 Å². The Bertz CT molecular complexity index is 768. The maximum Gasteiger partial charge on any atom is 0.236 e. The van der Waals surface area contributed by atoms with Crippen molar-refractivity contribution in [1.29, 1.82) is 0 Å². The maximum absolute atomic E-state index is 12.3. The largest absolute Gasteiger partial charge is 0.236 e. The number of aryl methyl sites for hydroxylation is 1. The Labute approximate surface area is 136 Å². The Morgan fingerprint density at radius 2 is 1.73 bits per heavy atom. The highest BCUT2D eigenvalue weighted by molar-refractivity contribution is 7.92. The number of sulfonamides is 1. The van der Waals surface area contributed by atoms with Crippen molar-refractivity contribution >= 4 is 27.7 Å². The summed E-state index contributed by atoms with van der Waals surface area (Å²) in [6.07, 6.45) is 1.57. The molecule has 0 saturated heterocycles. The van der Waals surface area contributed by atoms with Gasteiger partial charge in [0.15, 0.2) is 0 Å². The van der Waals surface area contributed by atoms with Gasteiger partial charge in [-0.2, -0.15) is 4.31 Å². The number of benzene rings is 2. The smallest absolute Gasteiger partial charge is 0.208 e. The molecule has 2 aromatic rings. The van der Waals surface area contributed by atoms with Gasteiger partial charge in [0.25, 0.3) is 0 Å². The minimum absolute atomic E-state index is 0.347. The van der Waals surface area contributed by atoms with E-state index < -0.39 is 10.0 Å². The van der Waals surface area contributed by atoms with Crippen LogP contribution in [0.4, 0.5) is 0 Å². The molecule has 0 aliphatic rings. The van der Waals surface area contributed by atoms with Crippen molar-refractivity contribution < 1.29 is 8.42 Å². The fraction of sp³-hybridized carbons (Fsp3) is 0.176. The summed E-state index contributed by atoms with van der Waals surface area (Å²) in [5.41, 5.74) is 2.86. The van der Waals surface area contributed by atoms with E-state index in [9.17, 15) is 8.42 Å². The minimum atomic E-state index is -3.46. The second-order valence-electron chi connectivity index (χ2n) is 5.08. The van der Waals surface area contributed by atoms with E-state index in [1.165, 1.54) is 9.71 Å². The Hall–Kier alpha value is -1.62. The van der Waals surface area contributed by atoms with Crippen LogP contribution in [0.25, 0.3) is 6.08 Å². The number of halogens is 1. The maximum atomic E-state index is 12.3. The standard InChI is InChI=1S/C17H18ClNO2S/c1-14-5-3-4-6-16(14)13-19(2)22(20,21)12-11-15-7-9-17(18)10-8-15/h3-12H,13H2,1-2H3/b12-11+. The first-order valence-electron chi connectivity index (χ1n) is 6.83. The molecule has 0 atom stereocenters. The summed E-state index contributed by atoms with van der Waals surface area (Å²) < 4.78 is 25.9. The predicted molar refractivity (Wildman–Crippen MR) is 92.1 cm³/mol. The van der Waals surface area contributed by atoms with Crippen molar-refractivity contribution in [2.24, 2.45) is 0 Å². The van der Waals surface area contributed by atoms with E-state index >= 15 is 0 Å². The first-order chi connectivity index (χ1) is 10.4. The monoisotopic (exact) mass is 335 g/mol. The number of hydrogen-bond donors (Lipinski definition) is 0. The van der Waals surface area contributed by atoms with Crippen molar-refractivity contribution in [1.82, 2.24) is 4.31 Å². The van der Waals surface area contributed by atoms with E-state index in [2.05, 4.69) is 0 Å². The summed E-state index contributed by atoms with van der Waals surface area (Å²) >= 11 is 5.81. The highest BCUT2D eigenvalue weighted by Crippen LogP contribution is 2.15. The fourth-order valence-corrected chi connectivity index (χ4v) is 2.94. The first-order valence-corrected chi connectivity index (χ1v) is 8.71. The predicted octanol–water partition coefficient (Wildman–Crippen LogP) is 4.08. The molecule has 0 unspecified atom stereocenters. The van der Waals surface area contributed by atoms with Crippen LogP contribution in [-0.2, 0) is 16.6 Å². The third-order valence-electron chi connectivity index (χ3n) is 3.39. The van der Waals surface area contributed by atoms with E-state index in [4.69, 9.17) is 11.6 Å². The van der Waals surface area contributed by atoms with Gasteiger partial charge in [0.1, 0.15) is 0 Å². The van der Waals surface area contributed by atoms with Gasteiger partial charge in [-0.25, -0.2) is 8.42 Å². The van der Waals surface area contributed by atoms with Crippen molar-refractivity contribution in [3.8, 4) is 0 Å². The molecule has 22 heavy (non-hydrogen) atoms. The van der Waals surface area contributed by atoms with Crippen LogP contribution in [0.1, 0.15) is 16.7 Å². The second kappa shape index (κ2) is 7.09. The van der Waals surface area contributed by atoms with E-state index in [0.29, 0.717) is 11.6 Å². The minimum Gasteiger partial charge on any atom is -0.208 e. The zero-order valence-corrected chi connectivity index (χ0v) is 14.1. The lowest BCUT2D eigenvalue weighted by atomic mass is 10.1. The Balaban J connectivity index is 2.12. The van der Waals surface area contributed by atoms with Crippen molar-refractivity contribution in [2.75, 3.05) is 7.05 Å². The van der Waals surface area contributed by atoms with Crippen LogP contribution in [0.5, 0.6) is 0 Å². The van der Waals surface area contributed by atoms with Crippen molar-refractivity contribution in [2.45, 2.75) is 13.5 Å². The first kappa shape index (κ1) is 16.7. The lowest BCUT2D eigenvalue weighted by Gasteiger charge is -2.16. The van der Waals surface area contributed by atoms with Gasteiger partial charge in [-0.3, -0.25) is 0 Å². The summed E-state index contributed by atoms with van der Waals surface area (Å²) in [5, 5.41) is 1.84. The van der Waals surface area contributed by atoms with Gasteiger partial charge in [0, 0.05) is 24.0 Å². The average molecular weight is 336 g/mol. The Morgan fingerprint density at radius 1 is 1.09 bits per heavy atom. The normalized spacial score (nSPS) is 12.2. The molecule has 0 bridgehead atoms. The summed E-state index contributed by atoms with van der Waals surface area (Å²) in [6.45, 7) is 2.32. The molecule has 0 heterocycles. The molecule has 116 valence electrons. The molecule has 0 spiro atoms. The zero-order valence-electron chi connectivity index (χ0n) is 12.5. The molecule has 0 aliphatic carbocycles. The molecule has 0 amide bonds. The van der Waals surface area contributed by atoms with Gasteiger partial charge in [-0.1, -0.05) is 48.0 Å². The van der Waals surface area contributed by atoms with Crippen LogP contribution in [-0.4, -0.2) is 19.8 Å². The molecule has 2 aromatic carbocycles. The average Bonchev–Trinajstić information content (AvgIpc) is 2.49. The molecular weight excluding hydrogens is 318 g/mol. The van der Waals surface area contributed by atoms with Gasteiger partial charge in [0.2, 0.25) is 10.0 Å². The van der Waals surface area contributed by atoms with Gasteiger partial charge in [-0.05, 0) is 41.8 Å². The molecular formula is C17H18ClNO2S. The molecule has 0 aromatic heterocycles. The summed E-state index contributed by atoms with van der Waals surface area (Å²) in [4.78, 5) is 0. The third kappa shape index (κ3) is 4.44. The van der Waals surface area contributed by atoms with Crippen molar-refractivity contribution in [3.63, 3.8) is 0 Å². The van der Waals surface area contributed by atoms with Crippen LogP contribution in [0.2, 0.25) is 5.02 Å². The molecule has 0 fully saturated rings. The summed E-state index contributed by atoms with van der Waals surface area (Å²) in [5.74, 6) is 0. The van der Waals surface area contributed by atoms with Crippen LogP contribution in [0.15, 0.2) is 53.9 Å². The third-order valence-corrected chi connectivity index (χ3v) is 5.12. The topological polar surface area (TPSA) is 37.4 Å². The molecule has 0 N–H and O–H groups in total. The lowest BCUT2D eigenvalue weighted by Crippen LogP contribution is -2.24. The van der Waals surface area contributed by atoms with Gasteiger partial charge >= 0.3 is 0 Å². The summed E-state index contributed by atoms with van der Waals surface area (Å²) in [7, 11) is -1.89. The molecule has 0 radical (unpaired) electrons. The SMILES string of the molecule is Cc1ccccc1CN(C)S(=O)(=O)/C=C/c1ccc(Cl)cc1. The van der Waals surface area contributed by atoms with E-state index in [-0.39, 0.29) is 0 Å². The molecule has 3 nitrogen and oxygen atoms in total. The van der Waals surface area contributed by atoms with Crippen molar-refractivity contribution in [3.05, 3.63) is 75.7 Å². The zero-order chi connectivity index (χ0) is 16.2. The van der Waals surface area contributed by atoms with Gasteiger partial charge in [0.05, 0.1) is 0 Å². The van der Waals surface area contributed by atoms with Crippen LogP contribution < -0.4 is 0 Å². The highest BCUT2D eigenvalue weighted by Gasteiger charge is 2.15. The summed E-state index contributed by atoms with van der Waals surface area (Å²) in [6, 6.07) is 14.8. The van der Waals surface area contributed by atoms with E-state index in [0.717, 1.165) is 16.7 Å². The molecule has 0 aliphatic heterocycles. The van der Waals surface area contributed by atoms with Gasteiger partial charge in [-0.15, -0.1) is 0 Å². The second-order valence-corrected chi connectivity index (χ2v) is 7.44. The molecule has 5 heteroatoms. The van der Waals surface area contributed by atoms with E-state index in [1.54, 1.807) is 37.4 Å². The Morgan fingerprint density at radius 3 is 2.36 bits per heavy atom. The van der Waals surface area contributed by atoms with Crippen LogP contribution >= 0.6 is 11.6 Å². The van der Waals surface area contributed by atoms with Crippen LogP contribution in [0.3, 0.4) is 0 Å². The number of rotatable bonds is 5. The molecule has 2 rings (SSSR count). The quantitative estimate of drug-likeness (QED) is 0.825. The lowest BCUT2D eigenvalue weighted by molar-refractivity contribution is 0.474. The fourth-order valence-electron chi connectivity index (χ4n) is 1.96. The number of nitrogens with zero attached hydrogens (tertiary/aromatic N) is 1. The van der Waals surface area contributed by atoms with Crippen LogP contribution in [0, 0.1) is 6.92 Å². The number of hydrogen-bond acceptors (Lipinski definition) is 2.